The van der Waals surface area contributed by atoms with Crippen molar-refractivity contribution in [1.29, 1.82) is 0 Å². The Morgan fingerprint density at radius 3 is 2.83 bits per heavy atom. The van der Waals surface area contributed by atoms with E-state index in [2.05, 4.69) is 10.4 Å². The Hall–Kier alpha value is -2.78. The number of hydrogen-bond acceptors (Lipinski definition) is 6. The molecule has 2 heterocycles. The van der Waals surface area contributed by atoms with Crippen LogP contribution >= 0.6 is 22.9 Å². The van der Waals surface area contributed by atoms with E-state index < -0.39 is 16.4 Å². The molecule has 0 aliphatic heterocycles. The van der Waals surface area contributed by atoms with Crippen LogP contribution in [-0.2, 0) is 0 Å². The number of carbonyl (C=O) groups excluding carboxylic acids is 1. The fraction of sp³-hybridized carbons (Fsp3) is 0.0714. The molecule has 0 spiro atoms. The summed E-state index contributed by atoms with van der Waals surface area (Å²) in [5.41, 5.74) is 1.79. The molecule has 3 aromatic rings. The summed E-state index contributed by atoms with van der Waals surface area (Å²) < 4.78 is 1.02. The van der Waals surface area contributed by atoms with Gasteiger partial charge in [-0.15, -0.1) is 11.3 Å². The molecule has 122 valence electrons. The van der Waals surface area contributed by atoms with Crippen molar-refractivity contribution in [3.05, 3.63) is 66.5 Å². The minimum Gasteiger partial charge on any atom is -0.267 e. The van der Waals surface area contributed by atoms with Gasteiger partial charge in [-0.1, -0.05) is 11.6 Å². The molecular formula is C14H9ClN4O4S. The van der Waals surface area contributed by atoms with Crippen molar-refractivity contribution in [1.82, 2.24) is 9.66 Å². The highest BCUT2D eigenvalue weighted by atomic mass is 35.5. The van der Waals surface area contributed by atoms with E-state index in [-0.39, 0.29) is 16.3 Å². The van der Waals surface area contributed by atoms with Gasteiger partial charge < -0.3 is 0 Å². The molecule has 24 heavy (non-hydrogen) atoms. The Morgan fingerprint density at radius 1 is 1.42 bits per heavy atom. The SMILES string of the molecule is Cc1nc2sccc2c(=O)n1NC(=O)c1ccc([N+](=O)[O-])cc1Cl. The highest BCUT2D eigenvalue weighted by Crippen LogP contribution is 2.22. The van der Waals surface area contributed by atoms with Crippen molar-refractivity contribution >= 4 is 44.7 Å². The van der Waals surface area contributed by atoms with Crippen LogP contribution in [0.2, 0.25) is 5.02 Å². The van der Waals surface area contributed by atoms with E-state index in [1.807, 2.05) is 0 Å². The fourth-order valence-corrected chi connectivity index (χ4v) is 3.17. The van der Waals surface area contributed by atoms with Crippen LogP contribution in [0, 0.1) is 17.0 Å². The average Bonchev–Trinajstić information content (AvgIpc) is 2.99. The number of nitrogens with one attached hydrogen (secondary N) is 1. The molecule has 2 aromatic heterocycles. The molecule has 0 radical (unpaired) electrons. The number of fused-ring (bicyclic) bond motifs is 1. The first kappa shape index (κ1) is 16.1. The molecule has 3 rings (SSSR count). The summed E-state index contributed by atoms with van der Waals surface area (Å²) in [6.45, 7) is 1.58. The maximum atomic E-state index is 12.4. The van der Waals surface area contributed by atoms with E-state index in [0.717, 1.165) is 16.8 Å². The summed E-state index contributed by atoms with van der Waals surface area (Å²) in [4.78, 5) is 39.7. The highest BCUT2D eigenvalue weighted by molar-refractivity contribution is 7.16. The van der Waals surface area contributed by atoms with Gasteiger partial charge in [0.1, 0.15) is 10.7 Å². The maximum Gasteiger partial charge on any atom is 0.281 e. The molecule has 1 N–H and O–H groups in total. The molecule has 8 nitrogen and oxygen atoms in total. The van der Waals surface area contributed by atoms with Crippen LogP contribution in [0.4, 0.5) is 5.69 Å². The average molecular weight is 365 g/mol. The van der Waals surface area contributed by atoms with Crippen LogP contribution in [0.25, 0.3) is 10.2 Å². The lowest BCUT2D eigenvalue weighted by Crippen LogP contribution is -2.35. The molecule has 10 heteroatoms. The third-order valence-corrected chi connectivity index (χ3v) is 4.41. The molecule has 0 unspecified atom stereocenters. The number of benzene rings is 1. The lowest BCUT2D eigenvalue weighted by molar-refractivity contribution is -0.384. The number of aryl methyl sites for hydroxylation is 1. The van der Waals surface area contributed by atoms with Gasteiger partial charge in [0.25, 0.3) is 17.2 Å². The summed E-state index contributed by atoms with van der Waals surface area (Å²) >= 11 is 7.25. The Balaban J connectivity index is 1.98. The Kier molecular flexibility index (Phi) is 4.04. The van der Waals surface area contributed by atoms with Gasteiger partial charge in [0.15, 0.2) is 0 Å². The van der Waals surface area contributed by atoms with Crippen LogP contribution in [0.1, 0.15) is 16.2 Å². The molecule has 0 aliphatic carbocycles. The van der Waals surface area contributed by atoms with Gasteiger partial charge in [-0.05, 0) is 24.4 Å². The quantitative estimate of drug-likeness (QED) is 0.568. The molecule has 0 saturated carbocycles. The van der Waals surface area contributed by atoms with Crippen LogP contribution in [0.3, 0.4) is 0 Å². The first-order valence-corrected chi connectivity index (χ1v) is 7.86. The monoisotopic (exact) mass is 364 g/mol. The van der Waals surface area contributed by atoms with Gasteiger partial charge in [-0.2, -0.15) is 0 Å². The molecule has 0 aliphatic rings. The Morgan fingerprint density at radius 2 is 2.17 bits per heavy atom. The molecule has 1 amide bonds. The van der Waals surface area contributed by atoms with Crippen molar-refractivity contribution in [2.75, 3.05) is 5.43 Å². The van der Waals surface area contributed by atoms with Crippen molar-refractivity contribution in [3.63, 3.8) is 0 Å². The number of carbonyl (C=O) groups is 1. The molecule has 1 aromatic carbocycles. The fourth-order valence-electron chi connectivity index (χ4n) is 2.11. The first-order chi connectivity index (χ1) is 11.4. The summed E-state index contributed by atoms with van der Waals surface area (Å²) in [6, 6.07) is 5.09. The van der Waals surface area contributed by atoms with Gasteiger partial charge in [0, 0.05) is 12.1 Å². The lowest BCUT2D eigenvalue weighted by atomic mass is 10.2. The number of hydrogen-bond donors (Lipinski definition) is 1. The zero-order valence-electron chi connectivity index (χ0n) is 12.1. The standard InChI is InChI=1S/C14H9ClN4O4S/c1-7-16-13-10(4-5-24-13)14(21)18(7)17-12(20)9-3-2-8(19(22)23)6-11(9)15/h2-6H,1H3,(H,17,20). The normalized spacial score (nSPS) is 10.8. The van der Waals surface area contributed by atoms with E-state index in [4.69, 9.17) is 11.6 Å². The number of nitrogens with zero attached hydrogens (tertiary/aromatic N) is 3. The van der Waals surface area contributed by atoms with Gasteiger partial charge in [-0.25, -0.2) is 9.66 Å². The summed E-state index contributed by atoms with van der Waals surface area (Å²) in [5, 5.41) is 12.7. The molecular weight excluding hydrogens is 356 g/mol. The summed E-state index contributed by atoms with van der Waals surface area (Å²) in [5.74, 6) is -0.363. The van der Waals surface area contributed by atoms with Gasteiger partial charge in [-0.3, -0.25) is 25.1 Å². The van der Waals surface area contributed by atoms with Gasteiger partial charge in [0.2, 0.25) is 0 Å². The number of aromatic nitrogens is 2. The zero-order valence-corrected chi connectivity index (χ0v) is 13.7. The number of amides is 1. The number of thiophene rings is 1. The van der Waals surface area contributed by atoms with Crippen LogP contribution in [-0.4, -0.2) is 20.5 Å². The van der Waals surface area contributed by atoms with Crippen LogP contribution < -0.4 is 11.0 Å². The Bertz CT molecular complexity index is 1040. The molecule has 0 bridgehead atoms. The largest absolute Gasteiger partial charge is 0.281 e. The first-order valence-electron chi connectivity index (χ1n) is 6.60. The maximum absolute atomic E-state index is 12.4. The highest BCUT2D eigenvalue weighted by Gasteiger charge is 2.17. The predicted octanol–water partition coefficient (Wildman–Crippen LogP) is 2.71. The zero-order chi connectivity index (χ0) is 17.4. The number of non-ortho nitro benzene ring substituents is 1. The minimum atomic E-state index is -0.670. The summed E-state index contributed by atoms with van der Waals surface area (Å²) in [6.07, 6.45) is 0. The van der Waals surface area contributed by atoms with Crippen molar-refractivity contribution in [3.8, 4) is 0 Å². The number of nitro benzene ring substituents is 1. The topological polar surface area (TPSA) is 107 Å². The third kappa shape index (κ3) is 2.74. The smallest absolute Gasteiger partial charge is 0.267 e. The second kappa shape index (κ2) is 6.02. The van der Waals surface area contributed by atoms with Gasteiger partial charge in [0.05, 0.1) is 20.9 Å². The third-order valence-electron chi connectivity index (χ3n) is 3.29. The molecule has 0 saturated heterocycles. The lowest BCUT2D eigenvalue weighted by Gasteiger charge is -2.11. The van der Waals surface area contributed by atoms with E-state index in [9.17, 15) is 19.7 Å². The van der Waals surface area contributed by atoms with E-state index >= 15 is 0 Å². The van der Waals surface area contributed by atoms with E-state index in [1.165, 1.54) is 17.4 Å². The molecule has 0 fully saturated rings. The van der Waals surface area contributed by atoms with Crippen molar-refractivity contribution in [2.45, 2.75) is 6.92 Å². The van der Waals surface area contributed by atoms with Crippen LogP contribution in [0.5, 0.6) is 0 Å². The summed E-state index contributed by atoms with van der Waals surface area (Å²) in [7, 11) is 0. The van der Waals surface area contributed by atoms with Gasteiger partial charge >= 0.3 is 0 Å². The van der Waals surface area contributed by atoms with Crippen molar-refractivity contribution in [2.24, 2.45) is 0 Å². The number of rotatable bonds is 3. The van der Waals surface area contributed by atoms with E-state index in [1.54, 1.807) is 18.4 Å². The minimum absolute atomic E-state index is 0.0129. The van der Waals surface area contributed by atoms with Crippen LogP contribution in [0.15, 0.2) is 34.4 Å². The number of halogens is 1. The molecule has 0 atom stereocenters. The predicted molar refractivity (Wildman–Crippen MR) is 90.4 cm³/mol. The second-order valence-corrected chi connectivity index (χ2v) is 6.10. The second-order valence-electron chi connectivity index (χ2n) is 4.80. The number of nitro groups is 1. The Labute approximate surface area is 143 Å². The van der Waals surface area contributed by atoms with E-state index in [0.29, 0.717) is 16.0 Å². The van der Waals surface area contributed by atoms with Crippen molar-refractivity contribution < 1.29 is 9.72 Å².